The predicted octanol–water partition coefficient (Wildman–Crippen LogP) is 4.74. The highest BCUT2D eigenvalue weighted by molar-refractivity contribution is 5.95. The maximum absolute atomic E-state index is 15.6. The van der Waals surface area contributed by atoms with Gasteiger partial charge in [0.25, 0.3) is 12.0 Å². The van der Waals surface area contributed by atoms with Crippen molar-refractivity contribution < 1.29 is 36.7 Å². The average molecular weight is 576 g/mol. The van der Waals surface area contributed by atoms with Crippen LogP contribution in [0.1, 0.15) is 61.4 Å². The van der Waals surface area contributed by atoms with Gasteiger partial charge in [0.05, 0.1) is 12.7 Å². The van der Waals surface area contributed by atoms with Gasteiger partial charge in [-0.05, 0) is 84.1 Å². The number of benzene rings is 1. The summed E-state index contributed by atoms with van der Waals surface area (Å²) in [5.41, 5.74) is 8.73. The summed E-state index contributed by atoms with van der Waals surface area (Å²) in [6, 6.07) is 3.25. The lowest BCUT2D eigenvalue weighted by atomic mass is 9.57. The van der Waals surface area contributed by atoms with Gasteiger partial charge in [-0.2, -0.15) is 8.78 Å². The van der Waals surface area contributed by atoms with Gasteiger partial charge in [0, 0.05) is 18.5 Å². The van der Waals surface area contributed by atoms with E-state index in [4.69, 9.17) is 16.2 Å². The summed E-state index contributed by atoms with van der Waals surface area (Å²) >= 11 is 0. The number of methoxy groups -OCH3 is 1. The van der Waals surface area contributed by atoms with Crippen LogP contribution in [-0.2, 0) is 14.3 Å². The number of nitrogens with one attached hydrogen (secondary N) is 1. The number of hydrogen-bond acceptors (Lipinski definition) is 4. The molecule has 1 aromatic rings. The van der Waals surface area contributed by atoms with Crippen LogP contribution in [0.4, 0.5) is 17.6 Å². The lowest BCUT2D eigenvalue weighted by Gasteiger charge is -2.47. The molecule has 41 heavy (non-hydrogen) atoms. The van der Waals surface area contributed by atoms with Crippen LogP contribution in [-0.4, -0.2) is 31.4 Å². The second-order valence-corrected chi connectivity index (χ2v) is 12.1. The standard InChI is InChI=1S/C30H33F4N3O4/c1-29(6-3-7-29)13-37-27(39)23-15-9-16(17(10-15)25(33)34)24(23)30(28(36)40)12-19(21(32)11-22(30)41-2)14-4-5-20(31)18(8-14)26(35)38/h4-5,8,11,15-16,23-24H,3,6-7,9-10,12-13H2,1-2H3,(H2,35,38)(H2,36,40)(H,37,39)/t15-,16-,23-,24+,30?/m0/s1. The van der Waals surface area contributed by atoms with Crippen molar-refractivity contribution >= 4 is 23.3 Å². The first kappa shape index (κ1) is 28.9. The third kappa shape index (κ3) is 4.63. The van der Waals surface area contributed by atoms with E-state index >= 15 is 4.39 Å². The van der Waals surface area contributed by atoms with Crippen molar-refractivity contribution in [2.24, 2.45) is 46.0 Å². The topological polar surface area (TPSA) is 125 Å². The molecule has 3 saturated carbocycles. The van der Waals surface area contributed by atoms with E-state index in [0.29, 0.717) is 6.54 Å². The molecular weight excluding hydrogens is 542 g/mol. The van der Waals surface area contributed by atoms with Crippen LogP contribution in [0, 0.1) is 40.3 Å². The smallest absolute Gasteiger partial charge is 0.269 e. The van der Waals surface area contributed by atoms with E-state index in [-0.39, 0.29) is 46.6 Å². The molecule has 0 aliphatic heterocycles. The Kier molecular flexibility index (Phi) is 7.28. The monoisotopic (exact) mass is 575 g/mol. The molecule has 4 aliphatic carbocycles. The maximum atomic E-state index is 15.6. The molecule has 0 aromatic heterocycles. The third-order valence-corrected chi connectivity index (χ3v) is 9.86. The van der Waals surface area contributed by atoms with Gasteiger partial charge in [0.1, 0.15) is 22.8 Å². The van der Waals surface area contributed by atoms with Crippen molar-refractivity contribution in [3.63, 3.8) is 0 Å². The Labute approximate surface area is 235 Å². The number of ether oxygens (including phenoxy) is 1. The van der Waals surface area contributed by atoms with Crippen LogP contribution < -0.4 is 16.8 Å². The summed E-state index contributed by atoms with van der Waals surface area (Å²) in [4.78, 5) is 39.1. The maximum Gasteiger partial charge on any atom is 0.269 e. The van der Waals surface area contributed by atoms with Gasteiger partial charge in [-0.3, -0.25) is 14.4 Å². The van der Waals surface area contributed by atoms with E-state index in [1.54, 1.807) is 0 Å². The number of fused-ring (bicyclic) bond motifs is 2. The number of nitrogens with two attached hydrogens (primary N) is 2. The van der Waals surface area contributed by atoms with E-state index in [2.05, 4.69) is 12.2 Å². The van der Waals surface area contributed by atoms with Crippen molar-refractivity contribution in [2.45, 2.75) is 45.4 Å². The summed E-state index contributed by atoms with van der Waals surface area (Å²) in [6.45, 7) is 2.48. The second kappa shape index (κ2) is 10.3. The molecule has 5 rings (SSSR count). The highest BCUT2D eigenvalue weighted by Crippen LogP contribution is 2.65. The summed E-state index contributed by atoms with van der Waals surface area (Å²) < 4.78 is 63.7. The number of amides is 3. The predicted molar refractivity (Wildman–Crippen MR) is 142 cm³/mol. The fraction of sp³-hybridized carbons (Fsp3) is 0.500. The van der Waals surface area contributed by atoms with Crippen molar-refractivity contribution in [3.8, 4) is 0 Å². The molecule has 0 heterocycles. The highest BCUT2D eigenvalue weighted by atomic mass is 19.3. The van der Waals surface area contributed by atoms with Crippen LogP contribution in [0.5, 0.6) is 0 Å². The van der Waals surface area contributed by atoms with E-state index < -0.39 is 70.6 Å². The molecule has 5 atom stereocenters. The number of halogens is 4. The first-order valence-electron chi connectivity index (χ1n) is 13.7. The molecule has 0 spiro atoms. The van der Waals surface area contributed by atoms with E-state index in [1.807, 2.05) is 0 Å². The number of allylic oxidation sites excluding steroid dienone is 4. The fourth-order valence-corrected chi connectivity index (χ4v) is 7.61. The average Bonchev–Trinajstić information content (AvgIpc) is 3.50. The summed E-state index contributed by atoms with van der Waals surface area (Å²) in [5, 5.41) is 3.00. The van der Waals surface area contributed by atoms with Crippen LogP contribution in [0.25, 0.3) is 5.57 Å². The zero-order valence-electron chi connectivity index (χ0n) is 22.9. The number of carbonyl (C=O) groups excluding carboxylic acids is 3. The minimum atomic E-state index is -1.89. The Morgan fingerprint density at radius 3 is 2.41 bits per heavy atom. The third-order valence-electron chi connectivity index (χ3n) is 9.86. The second-order valence-electron chi connectivity index (χ2n) is 12.1. The summed E-state index contributed by atoms with van der Waals surface area (Å²) in [6.07, 6.45) is 1.85. The Bertz CT molecular complexity index is 1410. The molecule has 5 N–H and O–H groups in total. The Morgan fingerprint density at radius 1 is 1.15 bits per heavy atom. The molecule has 2 bridgehead atoms. The van der Waals surface area contributed by atoms with Crippen molar-refractivity contribution in [1.29, 1.82) is 0 Å². The largest absolute Gasteiger partial charge is 0.500 e. The van der Waals surface area contributed by atoms with E-state index in [1.165, 1.54) is 13.2 Å². The molecule has 11 heteroatoms. The number of rotatable bonds is 8. The summed E-state index contributed by atoms with van der Waals surface area (Å²) in [5.74, 6) is -7.60. The zero-order valence-corrected chi connectivity index (χ0v) is 22.9. The lowest BCUT2D eigenvalue weighted by molar-refractivity contribution is -0.138. The molecular formula is C30H33F4N3O4. The Morgan fingerprint density at radius 2 is 1.85 bits per heavy atom. The fourth-order valence-electron chi connectivity index (χ4n) is 7.61. The van der Waals surface area contributed by atoms with Gasteiger partial charge in [-0.15, -0.1) is 0 Å². The van der Waals surface area contributed by atoms with Gasteiger partial charge in [-0.1, -0.05) is 19.4 Å². The molecule has 0 radical (unpaired) electrons. The normalized spacial score (nSPS) is 30.0. The van der Waals surface area contributed by atoms with Gasteiger partial charge < -0.3 is 21.5 Å². The van der Waals surface area contributed by atoms with E-state index in [9.17, 15) is 27.6 Å². The van der Waals surface area contributed by atoms with Gasteiger partial charge in [0.15, 0.2) is 0 Å². The molecule has 220 valence electrons. The first-order chi connectivity index (χ1) is 19.3. The first-order valence-corrected chi connectivity index (χ1v) is 13.7. The van der Waals surface area contributed by atoms with Crippen LogP contribution in [0.2, 0.25) is 0 Å². The SMILES string of the molecule is COC1=CC(F)=C(c2ccc(F)c(C(N)=O)c2)CC1(C(N)=O)[C@H]1[C@@H](C(=O)NCC2(C)CCC2)[C@@H]2CC(=C(F)F)[C@@H]1C2. The number of primary amides is 2. The summed E-state index contributed by atoms with van der Waals surface area (Å²) in [7, 11) is 1.22. The minimum absolute atomic E-state index is 0.0106. The molecule has 1 aromatic carbocycles. The van der Waals surface area contributed by atoms with Crippen LogP contribution in [0.15, 0.2) is 47.5 Å². The number of carbonyl (C=O) groups is 3. The van der Waals surface area contributed by atoms with Crippen molar-refractivity contribution in [3.05, 3.63) is 64.5 Å². The van der Waals surface area contributed by atoms with Crippen molar-refractivity contribution in [2.75, 3.05) is 13.7 Å². The molecule has 3 fully saturated rings. The van der Waals surface area contributed by atoms with Crippen LogP contribution in [0.3, 0.4) is 0 Å². The Balaban J connectivity index is 1.62. The Hall–Kier alpha value is -3.63. The quantitative estimate of drug-likeness (QED) is 0.388. The lowest BCUT2D eigenvalue weighted by Crippen LogP contribution is -2.54. The van der Waals surface area contributed by atoms with Crippen molar-refractivity contribution in [1.82, 2.24) is 5.32 Å². The molecule has 7 nitrogen and oxygen atoms in total. The molecule has 3 amide bonds. The van der Waals surface area contributed by atoms with Gasteiger partial charge in [-0.25, -0.2) is 8.78 Å². The molecule has 1 unspecified atom stereocenters. The molecule has 0 saturated heterocycles. The minimum Gasteiger partial charge on any atom is -0.500 e. The highest BCUT2D eigenvalue weighted by Gasteiger charge is 2.65. The van der Waals surface area contributed by atoms with Gasteiger partial charge in [0.2, 0.25) is 11.8 Å². The molecule has 4 aliphatic rings. The van der Waals surface area contributed by atoms with Gasteiger partial charge >= 0.3 is 0 Å². The van der Waals surface area contributed by atoms with E-state index in [0.717, 1.165) is 37.5 Å². The number of hydrogen-bond donors (Lipinski definition) is 3. The zero-order chi connectivity index (χ0) is 29.9. The van der Waals surface area contributed by atoms with Crippen LogP contribution >= 0.6 is 0 Å².